The van der Waals surface area contributed by atoms with Crippen LogP contribution < -0.4 is 5.32 Å². The summed E-state index contributed by atoms with van der Waals surface area (Å²) in [7, 11) is 0. The molecule has 0 aromatic heterocycles. The van der Waals surface area contributed by atoms with Gasteiger partial charge in [0.25, 0.3) is 0 Å². The fourth-order valence-corrected chi connectivity index (χ4v) is 2.72. The van der Waals surface area contributed by atoms with Crippen LogP contribution in [0.5, 0.6) is 0 Å². The first-order valence-electron chi connectivity index (χ1n) is 7.31. The Kier molecular flexibility index (Phi) is 5.21. The topological polar surface area (TPSA) is 15.3 Å². The molecule has 1 heterocycles. The molecule has 2 heteroatoms. The molecule has 18 heavy (non-hydrogen) atoms. The Morgan fingerprint density at radius 2 is 2.00 bits per heavy atom. The molecule has 2 rings (SSSR count). The van der Waals surface area contributed by atoms with Crippen molar-refractivity contribution in [3.05, 3.63) is 35.9 Å². The summed E-state index contributed by atoms with van der Waals surface area (Å²) in [6.07, 6.45) is 3.72. The highest BCUT2D eigenvalue weighted by molar-refractivity contribution is 5.14. The second-order valence-corrected chi connectivity index (χ2v) is 5.42. The first kappa shape index (κ1) is 13.6. The Hall–Kier alpha value is -0.860. The Morgan fingerprint density at radius 1 is 1.28 bits per heavy atom. The number of hydrogen-bond donors (Lipinski definition) is 1. The van der Waals surface area contributed by atoms with Gasteiger partial charge in [0.1, 0.15) is 0 Å². The van der Waals surface area contributed by atoms with Gasteiger partial charge in [0.15, 0.2) is 0 Å². The van der Waals surface area contributed by atoms with Crippen molar-refractivity contribution in [1.29, 1.82) is 0 Å². The summed E-state index contributed by atoms with van der Waals surface area (Å²) in [5, 5.41) is 3.39. The van der Waals surface area contributed by atoms with Crippen molar-refractivity contribution in [3.8, 4) is 0 Å². The minimum Gasteiger partial charge on any atom is -0.314 e. The van der Waals surface area contributed by atoms with Crippen LogP contribution in [-0.2, 0) is 6.42 Å². The van der Waals surface area contributed by atoms with Gasteiger partial charge in [-0.1, -0.05) is 37.3 Å². The maximum atomic E-state index is 3.39. The highest BCUT2D eigenvalue weighted by Crippen LogP contribution is 2.15. The third-order valence-electron chi connectivity index (χ3n) is 3.97. The van der Waals surface area contributed by atoms with Crippen LogP contribution in [0.2, 0.25) is 0 Å². The summed E-state index contributed by atoms with van der Waals surface area (Å²) >= 11 is 0. The van der Waals surface area contributed by atoms with Gasteiger partial charge in [-0.3, -0.25) is 4.90 Å². The zero-order chi connectivity index (χ0) is 12.8. The fraction of sp³-hybridized carbons (Fsp3) is 0.625. The Bertz CT molecular complexity index is 332. The lowest BCUT2D eigenvalue weighted by molar-refractivity contribution is 0.0983. The Labute approximate surface area is 111 Å². The molecule has 1 aromatic carbocycles. The van der Waals surface area contributed by atoms with Crippen molar-refractivity contribution in [2.24, 2.45) is 0 Å². The molecule has 0 radical (unpaired) electrons. The standard InChI is InChI=1S/C16H26N2/c1-3-11-18(16-12-17-13-16)14(2)9-10-15-7-5-4-6-8-15/h4-8,14,16-17H,3,9-13H2,1-2H3. The summed E-state index contributed by atoms with van der Waals surface area (Å²) in [5.41, 5.74) is 1.47. The number of nitrogens with zero attached hydrogens (tertiary/aromatic N) is 1. The van der Waals surface area contributed by atoms with Gasteiger partial charge in [-0.25, -0.2) is 0 Å². The van der Waals surface area contributed by atoms with Crippen molar-refractivity contribution in [2.45, 2.75) is 45.2 Å². The average Bonchev–Trinajstić information content (AvgIpc) is 2.34. The third-order valence-corrected chi connectivity index (χ3v) is 3.97. The lowest BCUT2D eigenvalue weighted by atomic mass is 10.0. The average molecular weight is 246 g/mol. The molecule has 1 atom stereocenters. The molecule has 2 nitrogen and oxygen atoms in total. The van der Waals surface area contributed by atoms with Crippen LogP contribution in [0.1, 0.15) is 32.3 Å². The summed E-state index contributed by atoms with van der Waals surface area (Å²) in [5.74, 6) is 0. The molecule has 0 aliphatic carbocycles. The Morgan fingerprint density at radius 3 is 2.56 bits per heavy atom. The molecule has 0 bridgehead atoms. The predicted molar refractivity (Wildman–Crippen MR) is 77.9 cm³/mol. The molecule has 1 N–H and O–H groups in total. The van der Waals surface area contributed by atoms with Crippen molar-refractivity contribution >= 4 is 0 Å². The van der Waals surface area contributed by atoms with E-state index in [0.29, 0.717) is 6.04 Å². The molecule has 1 saturated heterocycles. The molecule has 1 aliphatic rings. The lowest BCUT2D eigenvalue weighted by Gasteiger charge is -2.42. The Balaban J connectivity index is 1.82. The van der Waals surface area contributed by atoms with Gasteiger partial charge in [0.05, 0.1) is 0 Å². The van der Waals surface area contributed by atoms with Gasteiger partial charge in [0.2, 0.25) is 0 Å². The predicted octanol–water partition coefficient (Wildman–Crippen LogP) is 2.69. The molecule has 1 aromatic rings. The van der Waals surface area contributed by atoms with E-state index in [1.54, 1.807) is 0 Å². The van der Waals surface area contributed by atoms with Crippen LogP contribution in [0.3, 0.4) is 0 Å². The van der Waals surface area contributed by atoms with E-state index in [4.69, 9.17) is 0 Å². The first-order chi connectivity index (χ1) is 8.81. The van der Waals surface area contributed by atoms with Crippen molar-refractivity contribution in [3.63, 3.8) is 0 Å². The van der Waals surface area contributed by atoms with E-state index in [-0.39, 0.29) is 0 Å². The number of hydrogen-bond acceptors (Lipinski definition) is 2. The smallest absolute Gasteiger partial charge is 0.0348 e. The van der Waals surface area contributed by atoms with Crippen LogP contribution >= 0.6 is 0 Å². The van der Waals surface area contributed by atoms with E-state index in [1.165, 1.54) is 44.5 Å². The summed E-state index contributed by atoms with van der Waals surface area (Å²) in [6, 6.07) is 12.3. The maximum Gasteiger partial charge on any atom is 0.0348 e. The zero-order valence-corrected chi connectivity index (χ0v) is 11.7. The summed E-state index contributed by atoms with van der Waals surface area (Å²) < 4.78 is 0. The second-order valence-electron chi connectivity index (χ2n) is 5.42. The monoisotopic (exact) mass is 246 g/mol. The number of rotatable bonds is 7. The van der Waals surface area contributed by atoms with Crippen LogP contribution in [-0.4, -0.2) is 36.6 Å². The minimum atomic E-state index is 0.692. The normalized spacial score (nSPS) is 17.7. The van der Waals surface area contributed by atoms with Crippen LogP contribution in [0.25, 0.3) is 0 Å². The minimum absolute atomic E-state index is 0.692. The summed E-state index contributed by atoms with van der Waals surface area (Å²) in [6.45, 7) is 8.26. The lowest BCUT2D eigenvalue weighted by Crippen LogP contribution is -2.59. The molecule has 0 amide bonds. The van der Waals surface area contributed by atoms with E-state index in [0.717, 1.165) is 6.04 Å². The highest BCUT2D eigenvalue weighted by atomic mass is 15.2. The molecule has 0 saturated carbocycles. The molecule has 1 fully saturated rings. The second kappa shape index (κ2) is 6.91. The van der Waals surface area contributed by atoms with Gasteiger partial charge in [-0.2, -0.15) is 0 Å². The van der Waals surface area contributed by atoms with Gasteiger partial charge < -0.3 is 5.32 Å². The number of aryl methyl sites for hydroxylation is 1. The van der Waals surface area contributed by atoms with Crippen LogP contribution in [0.4, 0.5) is 0 Å². The third kappa shape index (κ3) is 3.56. The molecule has 1 unspecified atom stereocenters. The maximum absolute atomic E-state index is 3.39. The zero-order valence-electron chi connectivity index (χ0n) is 11.7. The SMILES string of the molecule is CCCN(C(C)CCc1ccccc1)C1CNC1. The number of benzene rings is 1. The van der Waals surface area contributed by atoms with E-state index < -0.39 is 0 Å². The molecule has 0 spiro atoms. The first-order valence-corrected chi connectivity index (χ1v) is 7.31. The van der Waals surface area contributed by atoms with Crippen LogP contribution in [0, 0.1) is 0 Å². The van der Waals surface area contributed by atoms with Gasteiger partial charge in [0, 0.05) is 25.2 Å². The molecular weight excluding hydrogens is 220 g/mol. The van der Waals surface area contributed by atoms with Gasteiger partial charge in [-0.05, 0) is 38.3 Å². The van der Waals surface area contributed by atoms with E-state index in [1.807, 2.05) is 0 Å². The molecular formula is C16H26N2. The fourth-order valence-electron chi connectivity index (χ4n) is 2.72. The van der Waals surface area contributed by atoms with Crippen molar-refractivity contribution in [1.82, 2.24) is 10.2 Å². The molecule has 1 aliphatic heterocycles. The van der Waals surface area contributed by atoms with Crippen LogP contribution in [0.15, 0.2) is 30.3 Å². The largest absolute Gasteiger partial charge is 0.314 e. The van der Waals surface area contributed by atoms with Crippen molar-refractivity contribution in [2.75, 3.05) is 19.6 Å². The van der Waals surface area contributed by atoms with E-state index in [9.17, 15) is 0 Å². The molecule has 100 valence electrons. The summed E-state index contributed by atoms with van der Waals surface area (Å²) in [4.78, 5) is 2.69. The van der Waals surface area contributed by atoms with E-state index in [2.05, 4.69) is 54.4 Å². The quantitative estimate of drug-likeness (QED) is 0.796. The van der Waals surface area contributed by atoms with E-state index >= 15 is 0 Å². The number of nitrogens with one attached hydrogen (secondary N) is 1. The van der Waals surface area contributed by atoms with Gasteiger partial charge >= 0.3 is 0 Å². The van der Waals surface area contributed by atoms with Gasteiger partial charge in [-0.15, -0.1) is 0 Å². The van der Waals surface area contributed by atoms with Crippen molar-refractivity contribution < 1.29 is 0 Å². The highest BCUT2D eigenvalue weighted by Gasteiger charge is 2.27.